The Labute approximate surface area is 157 Å². The molecule has 0 amide bonds. The van der Waals surface area contributed by atoms with Gasteiger partial charge in [0.15, 0.2) is 0 Å². The van der Waals surface area contributed by atoms with E-state index in [1.807, 2.05) is 0 Å². The maximum atomic E-state index is 12.6. The van der Waals surface area contributed by atoms with Crippen LogP contribution in [-0.4, -0.2) is 34.9 Å². The lowest BCUT2D eigenvalue weighted by Crippen LogP contribution is -2.38. The van der Waals surface area contributed by atoms with Crippen molar-refractivity contribution in [2.75, 3.05) is 13.1 Å². The van der Waals surface area contributed by atoms with Crippen LogP contribution >= 0.6 is 0 Å². The lowest BCUT2D eigenvalue weighted by molar-refractivity contribution is 0.293. The first kappa shape index (κ1) is 19.4. The van der Waals surface area contributed by atoms with Crippen molar-refractivity contribution in [1.82, 2.24) is 13.4 Å². The van der Waals surface area contributed by atoms with Crippen LogP contribution in [0, 0.1) is 0 Å². The molecular weight excluding hydrogens is 370 g/mol. The molecule has 0 unspecified atom stereocenters. The van der Waals surface area contributed by atoms with Gasteiger partial charge in [0.05, 0.1) is 10.6 Å². The smallest absolute Gasteiger partial charge is 0.330 e. The summed E-state index contributed by atoms with van der Waals surface area (Å²) in [6.45, 7) is 1.13. The summed E-state index contributed by atoms with van der Waals surface area (Å²) in [5.41, 5.74) is -0.392. The lowest BCUT2D eigenvalue weighted by Gasteiger charge is -2.25. The molecule has 27 heavy (non-hydrogen) atoms. The molecule has 3 rings (SSSR count). The molecule has 1 aromatic heterocycles. The van der Waals surface area contributed by atoms with Crippen molar-refractivity contribution in [2.45, 2.75) is 30.8 Å². The van der Waals surface area contributed by atoms with E-state index in [9.17, 15) is 18.0 Å². The average molecular weight is 393 g/mol. The van der Waals surface area contributed by atoms with E-state index < -0.39 is 21.3 Å². The molecular formula is C18H23N3O5S. The number of hydrogen-bond acceptors (Lipinski definition) is 5. The maximum absolute atomic E-state index is 12.6. The minimum Gasteiger partial charge on any atom is -0.487 e. The average Bonchev–Trinajstić information content (AvgIpc) is 2.69. The van der Waals surface area contributed by atoms with Gasteiger partial charge in [-0.3, -0.25) is 13.9 Å². The molecule has 0 N–H and O–H groups in total. The maximum Gasteiger partial charge on any atom is 0.330 e. The summed E-state index contributed by atoms with van der Waals surface area (Å²) in [5, 5.41) is 0. The van der Waals surface area contributed by atoms with Gasteiger partial charge in [-0.1, -0.05) is 6.42 Å². The van der Waals surface area contributed by atoms with Crippen LogP contribution in [0.15, 0.2) is 44.8 Å². The number of benzene rings is 1. The Bertz CT molecular complexity index is 1030. The number of aromatic nitrogens is 2. The third-order valence-corrected chi connectivity index (χ3v) is 6.70. The Kier molecular flexibility index (Phi) is 5.52. The van der Waals surface area contributed by atoms with E-state index >= 15 is 0 Å². The topological polar surface area (TPSA) is 90.6 Å². The van der Waals surface area contributed by atoms with Gasteiger partial charge in [-0.05, 0) is 37.1 Å². The van der Waals surface area contributed by atoms with Gasteiger partial charge in [0.2, 0.25) is 10.0 Å². The fourth-order valence-corrected chi connectivity index (χ4v) is 4.55. The fraction of sp³-hybridized carbons (Fsp3) is 0.444. The Morgan fingerprint density at radius 2 is 1.59 bits per heavy atom. The molecule has 1 aliphatic rings. The van der Waals surface area contributed by atoms with E-state index in [-0.39, 0.29) is 11.5 Å². The molecule has 1 fully saturated rings. The first-order valence-corrected chi connectivity index (χ1v) is 10.2. The van der Waals surface area contributed by atoms with Crippen LogP contribution in [-0.2, 0) is 30.7 Å². The number of hydrogen-bond donors (Lipinski definition) is 0. The van der Waals surface area contributed by atoms with Crippen LogP contribution in [0.4, 0.5) is 0 Å². The van der Waals surface area contributed by atoms with Crippen molar-refractivity contribution < 1.29 is 13.2 Å². The zero-order chi connectivity index (χ0) is 19.6. The van der Waals surface area contributed by atoms with Crippen LogP contribution in [0.25, 0.3) is 0 Å². The summed E-state index contributed by atoms with van der Waals surface area (Å²) in [4.78, 5) is 23.9. The molecule has 2 aromatic rings. The lowest BCUT2D eigenvalue weighted by atomic mass is 10.2. The minimum atomic E-state index is -3.48. The van der Waals surface area contributed by atoms with Crippen molar-refractivity contribution >= 4 is 10.0 Å². The Morgan fingerprint density at radius 1 is 0.963 bits per heavy atom. The molecule has 0 bridgehead atoms. The van der Waals surface area contributed by atoms with Crippen LogP contribution in [0.3, 0.4) is 0 Å². The predicted octanol–water partition coefficient (Wildman–Crippen LogP) is 0.838. The molecule has 0 radical (unpaired) electrons. The summed E-state index contributed by atoms with van der Waals surface area (Å²) in [6, 6.07) is 7.53. The van der Waals surface area contributed by atoms with Gasteiger partial charge >= 0.3 is 5.69 Å². The highest BCUT2D eigenvalue weighted by Crippen LogP contribution is 2.23. The fourth-order valence-electron chi connectivity index (χ4n) is 3.04. The quantitative estimate of drug-likeness (QED) is 0.751. The molecule has 9 heteroatoms. The third kappa shape index (κ3) is 3.98. The monoisotopic (exact) mass is 393 g/mol. The van der Waals surface area contributed by atoms with Crippen molar-refractivity contribution in [3.63, 3.8) is 0 Å². The predicted molar refractivity (Wildman–Crippen MR) is 100 cm³/mol. The van der Waals surface area contributed by atoms with Crippen LogP contribution in [0.1, 0.15) is 25.0 Å². The van der Waals surface area contributed by atoms with E-state index in [1.54, 1.807) is 19.2 Å². The summed E-state index contributed by atoms with van der Waals surface area (Å²) in [6.07, 6.45) is 2.83. The van der Waals surface area contributed by atoms with Gasteiger partial charge in [0.1, 0.15) is 12.4 Å². The first-order chi connectivity index (χ1) is 12.8. The first-order valence-electron chi connectivity index (χ1n) is 8.79. The standard InChI is InChI=1S/C18H23N3O5S/c1-19-14(12-17(22)20(2)18(19)23)13-26-15-6-8-16(9-7-15)27(24,25)21-10-4-3-5-11-21/h6-9,12H,3-5,10-11,13H2,1-2H3. The van der Waals surface area contributed by atoms with Crippen LogP contribution < -0.4 is 16.0 Å². The minimum absolute atomic E-state index is 0.0278. The van der Waals surface area contributed by atoms with Gasteiger partial charge in [-0.25, -0.2) is 13.2 Å². The molecule has 1 aliphatic heterocycles. The molecule has 2 heterocycles. The highest BCUT2D eigenvalue weighted by atomic mass is 32.2. The number of sulfonamides is 1. The summed E-state index contributed by atoms with van der Waals surface area (Å²) >= 11 is 0. The van der Waals surface area contributed by atoms with Crippen molar-refractivity contribution in [3.05, 3.63) is 56.9 Å². The largest absolute Gasteiger partial charge is 0.487 e. The van der Waals surface area contributed by atoms with Gasteiger partial charge < -0.3 is 4.74 Å². The Hall–Kier alpha value is -2.39. The van der Waals surface area contributed by atoms with E-state index in [2.05, 4.69) is 0 Å². The highest BCUT2D eigenvalue weighted by Gasteiger charge is 2.25. The van der Waals surface area contributed by atoms with E-state index in [4.69, 9.17) is 4.74 Å². The second-order valence-corrected chi connectivity index (χ2v) is 8.54. The highest BCUT2D eigenvalue weighted by molar-refractivity contribution is 7.89. The molecule has 0 atom stereocenters. The number of ether oxygens (including phenoxy) is 1. The number of rotatable bonds is 5. The van der Waals surface area contributed by atoms with Gasteiger partial charge in [-0.2, -0.15) is 4.31 Å². The van der Waals surface area contributed by atoms with Gasteiger partial charge in [-0.15, -0.1) is 0 Å². The van der Waals surface area contributed by atoms with Gasteiger partial charge in [0.25, 0.3) is 5.56 Å². The third-order valence-electron chi connectivity index (χ3n) is 4.79. The van der Waals surface area contributed by atoms with E-state index in [1.165, 1.54) is 34.1 Å². The molecule has 0 saturated carbocycles. The van der Waals surface area contributed by atoms with Crippen LogP contribution in [0.2, 0.25) is 0 Å². The molecule has 8 nitrogen and oxygen atoms in total. The van der Waals surface area contributed by atoms with Crippen molar-refractivity contribution in [1.29, 1.82) is 0 Å². The zero-order valence-electron chi connectivity index (χ0n) is 15.4. The van der Waals surface area contributed by atoms with Crippen molar-refractivity contribution in [3.8, 4) is 5.75 Å². The molecule has 146 valence electrons. The Balaban J connectivity index is 1.73. The second-order valence-electron chi connectivity index (χ2n) is 6.60. The van der Waals surface area contributed by atoms with Crippen LogP contribution in [0.5, 0.6) is 5.75 Å². The van der Waals surface area contributed by atoms with Gasteiger partial charge in [0, 0.05) is 33.3 Å². The molecule has 1 saturated heterocycles. The Morgan fingerprint density at radius 3 is 2.22 bits per heavy atom. The summed E-state index contributed by atoms with van der Waals surface area (Å²) < 4.78 is 34.8. The van der Waals surface area contributed by atoms with E-state index in [0.717, 1.165) is 23.8 Å². The molecule has 0 aliphatic carbocycles. The molecule has 1 aromatic carbocycles. The number of nitrogens with zero attached hydrogens (tertiary/aromatic N) is 3. The second kappa shape index (κ2) is 7.69. The SMILES string of the molecule is Cn1c(COc2ccc(S(=O)(=O)N3CCCCC3)cc2)cc(=O)n(C)c1=O. The summed E-state index contributed by atoms with van der Waals surface area (Å²) in [5.74, 6) is 0.459. The summed E-state index contributed by atoms with van der Waals surface area (Å²) in [7, 11) is -0.503. The number of piperidine rings is 1. The zero-order valence-corrected chi connectivity index (χ0v) is 16.2. The van der Waals surface area contributed by atoms with E-state index in [0.29, 0.717) is 24.5 Å². The molecule has 0 spiro atoms. The van der Waals surface area contributed by atoms with Crippen molar-refractivity contribution in [2.24, 2.45) is 14.1 Å². The normalized spacial score (nSPS) is 15.6.